The molecule has 10 heteroatoms. The third kappa shape index (κ3) is 4.03. The number of rotatable bonds is 6. The van der Waals surface area contributed by atoms with Gasteiger partial charge in [-0.25, -0.2) is 13.2 Å². The van der Waals surface area contributed by atoms with E-state index in [4.69, 9.17) is 15.2 Å². The van der Waals surface area contributed by atoms with Crippen molar-refractivity contribution in [3.05, 3.63) is 40.8 Å². The highest BCUT2D eigenvalue weighted by Crippen LogP contribution is 2.26. The number of sulfonamides is 1. The van der Waals surface area contributed by atoms with Crippen LogP contribution in [0.2, 0.25) is 0 Å². The van der Waals surface area contributed by atoms with Crippen LogP contribution in [0.15, 0.2) is 40.2 Å². The van der Waals surface area contributed by atoms with Crippen LogP contribution in [0.3, 0.4) is 0 Å². The van der Waals surface area contributed by atoms with E-state index in [1.807, 2.05) is 6.92 Å². The lowest BCUT2D eigenvalue weighted by molar-refractivity contribution is 0.0331. The molecule has 3 rings (SSSR count). The van der Waals surface area contributed by atoms with Crippen molar-refractivity contribution in [3.63, 3.8) is 0 Å². The molecule has 1 aliphatic rings. The summed E-state index contributed by atoms with van der Waals surface area (Å²) in [6.07, 6.45) is 1.79. The first-order valence-corrected chi connectivity index (χ1v) is 10.5. The second kappa shape index (κ2) is 8.29. The maximum atomic E-state index is 13.0. The van der Waals surface area contributed by atoms with Crippen LogP contribution in [-0.2, 0) is 26.2 Å². The SMILES string of the molecule is CCCOC(=O)OCn1ccc2c(S(=O)(=O)N3CCC(N)C3)cccc2c1=O. The number of hydrogen-bond acceptors (Lipinski definition) is 7. The number of pyridine rings is 1. The molecule has 1 aromatic carbocycles. The first kappa shape index (κ1) is 20.3. The van der Waals surface area contributed by atoms with E-state index in [1.165, 1.54) is 39.3 Å². The number of ether oxygens (including phenoxy) is 2. The van der Waals surface area contributed by atoms with Crippen molar-refractivity contribution in [3.8, 4) is 0 Å². The highest BCUT2D eigenvalue weighted by molar-refractivity contribution is 7.89. The molecule has 0 spiro atoms. The minimum atomic E-state index is -3.76. The van der Waals surface area contributed by atoms with Gasteiger partial charge in [0.1, 0.15) is 0 Å². The van der Waals surface area contributed by atoms with E-state index in [0.29, 0.717) is 24.8 Å². The summed E-state index contributed by atoms with van der Waals surface area (Å²) in [6.45, 7) is 2.36. The van der Waals surface area contributed by atoms with E-state index in [1.54, 1.807) is 0 Å². The molecule has 152 valence electrons. The van der Waals surface area contributed by atoms with Crippen LogP contribution in [0.25, 0.3) is 10.8 Å². The van der Waals surface area contributed by atoms with Gasteiger partial charge in [0.05, 0.1) is 11.5 Å². The monoisotopic (exact) mass is 409 g/mol. The maximum absolute atomic E-state index is 13.0. The molecule has 1 aromatic heterocycles. The molecule has 2 heterocycles. The van der Waals surface area contributed by atoms with Crippen molar-refractivity contribution < 1.29 is 22.7 Å². The Hall–Kier alpha value is -2.43. The summed E-state index contributed by atoms with van der Waals surface area (Å²) in [4.78, 5) is 24.2. The first-order valence-electron chi connectivity index (χ1n) is 9.02. The zero-order valence-electron chi connectivity index (χ0n) is 15.5. The van der Waals surface area contributed by atoms with Gasteiger partial charge in [0.2, 0.25) is 10.0 Å². The molecule has 0 radical (unpaired) electrons. The molecule has 28 heavy (non-hydrogen) atoms. The minimum absolute atomic E-state index is 0.0617. The molecule has 0 amide bonds. The quantitative estimate of drug-likeness (QED) is 0.713. The number of carbonyl (C=O) groups excluding carboxylic acids is 1. The lowest BCUT2D eigenvalue weighted by Gasteiger charge is -2.17. The molecule has 1 unspecified atom stereocenters. The van der Waals surface area contributed by atoms with E-state index in [9.17, 15) is 18.0 Å². The second-order valence-corrected chi connectivity index (χ2v) is 8.50. The fourth-order valence-electron chi connectivity index (χ4n) is 3.08. The van der Waals surface area contributed by atoms with Crippen LogP contribution < -0.4 is 11.3 Å². The van der Waals surface area contributed by atoms with Gasteiger partial charge in [-0.3, -0.25) is 9.36 Å². The Labute approximate surface area is 162 Å². The normalized spacial score (nSPS) is 17.7. The van der Waals surface area contributed by atoms with Crippen molar-refractivity contribution in [1.82, 2.24) is 8.87 Å². The third-order valence-corrected chi connectivity index (χ3v) is 6.45. The highest BCUT2D eigenvalue weighted by Gasteiger charge is 2.32. The first-order chi connectivity index (χ1) is 13.3. The fraction of sp³-hybridized carbons (Fsp3) is 0.444. The third-order valence-electron chi connectivity index (χ3n) is 4.53. The van der Waals surface area contributed by atoms with Crippen LogP contribution in [0.1, 0.15) is 19.8 Å². The Morgan fingerprint density at radius 1 is 1.25 bits per heavy atom. The number of nitrogens with zero attached hydrogens (tertiary/aromatic N) is 2. The molecule has 9 nitrogen and oxygen atoms in total. The second-order valence-electron chi connectivity index (χ2n) is 6.59. The topological polar surface area (TPSA) is 121 Å². The van der Waals surface area contributed by atoms with Crippen molar-refractivity contribution in [2.24, 2.45) is 5.73 Å². The van der Waals surface area contributed by atoms with E-state index in [-0.39, 0.29) is 36.2 Å². The van der Waals surface area contributed by atoms with Crippen molar-refractivity contribution in [1.29, 1.82) is 0 Å². The largest absolute Gasteiger partial charge is 0.510 e. The van der Waals surface area contributed by atoms with Gasteiger partial charge < -0.3 is 15.2 Å². The molecule has 1 atom stereocenters. The average molecular weight is 409 g/mol. The van der Waals surface area contributed by atoms with E-state index >= 15 is 0 Å². The molecular formula is C18H23N3O6S. The van der Waals surface area contributed by atoms with Crippen LogP contribution in [0.5, 0.6) is 0 Å². The van der Waals surface area contributed by atoms with Crippen LogP contribution in [0, 0.1) is 0 Å². The average Bonchev–Trinajstić information content (AvgIpc) is 3.12. The number of carbonyl (C=O) groups is 1. The van der Waals surface area contributed by atoms with E-state index < -0.39 is 21.7 Å². The highest BCUT2D eigenvalue weighted by atomic mass is 32.2. The van der Waals surface area contributed by atoms with Crippen molar-refractivity contribution in [2.75, 3.05) is 19.7 Å². The van der Waals surface area contributed by atoms with Crippen LogP contribution in [0.4, 0.5) is 4.79 Å². The standard InChI is InChI=1S/C18H23N3O6S/c1-2-10-26-18(23)27-12-20-8-7-14-15(17(20)22)4-3-5-16(14)28(24,25)21-9-6-13(19)11-21/h3-5,7-8,13H,2,6,9-12,19H2,1H3. The van der Waals surface area contributed by atoms with Gasteiger partial charge in [0, 0.05) is 36.1 Å². The Kier molecular flexibility index (Phi) is 6.01. The van der Waals surface area contributed by atoms with Crippen molar-refractivity contribution in [2.45, 2.75) is 37.4 Å². The van der Waals surface area contributed by atoms with E-state index in [2.05, 4.69) is 0 Å². The summed E-state index contributed by atoms with van der Waals surface area (Å²) in [6, 6.07) is 5.88. The summed E-state index contributed by atoms with van der Waals surface area (Å²) < 4.78 is 38.2. The Morgan fingerprint density at radius 2 is 2.04 bits per heavy atom. The van der Waals surface area contributed by atoms with Gasteiger partial charge in [0.25, 0.3) is 5.56 Å². The number of aromatic nitrogens is 1. The predicted octanol–water partition coefficient (Wildman–Crippen LogP) is 1.24. The molecule has 1 aliphatic heterocycles. The van der Waals surface area contributed by atoms with Crippen molar-refractivity contribution >= 4 is 27.0 Å². The molecule has 0 bridgehead atoms. The summed E-state index contributed by atoms with van der Waals surface area (Å²) in [7, 11) is -3.76. The predicted molar refractivity (Wildman–Crippen MR) is 102 cm³/mol. The lowest BCUT2D eigenvalue weighted by atomic mass is 10.2. The van der Waals surface area contributed by atoms with Gasteiger partial charge in [-0.2, -0.15) is 4.31 Å². The Bertz CT molecular complexity index is 1030. The summed E-state index contributed by atoms with van der Waals surface area (Å²) in [5.74, 6) is 0. The number of benzene rings is 1. The number of hydrogen-bond donors (Lipinski definition) is 1. The van der Waals surface area contributed by atoms with Gasteiger partial charge in [-0.15, -0.1) is 0 Å². The Balaban J connectivity index is 1.91. The fourth-order valence-corrected chi connectivity index (χ4v) is 4.79. The zero-order chi connectivity index (χ0) is 20.3. The van der Waals surface area contributed by atoms with Crippen LogP contribution >= 0.6 is 0 Å². The molecule has 1 saturated heterocycles. The van der Waals surface area contributed by atoms with Gasteiger partial charge in [0.15, 0.2) is 6.73 Å². The lowest BCUT2D eigenvalue weighted by Crippen LogP contribution is -2.32. The smallest absolute Gasteiger partial charge is 0.434 e. The molecule has 1 fully saturated rings. The summed E-state index contributed by atoms with van der Waals surface area (Å²) in [5.41, 5.74) is 5.37. The number of fused-ring (bicyclic) bond motifs is 1. The van der Waals surface area contributed by atoms with Gasteiger partial charge in [-0.1, -0.05) is 13.0 Å². The summed E-state index contributed by atoms with van der Waals surface area (Å²) in [5, 5.41) is 0.537. The van der Waals surface area contributed by atoms with Gasteiger partial charge >= 0.3 is 6.16 Å². The molecule has 0 saturated carbocycles. The molecule has 2 aromatic rings. The maximum Gasteiger partial charge on any atom is 0.510 e. The summed E-state index contributed by atoms with van der Waals surface area (Å²) >= 11 is 0. The molecular weight excluding hydrogens is 386 g/mol. The Morgan fingerprint density at radius 3 is 2.71 bits per heavy atom. The van der Waals surface area contributed by atoms with Crippen LogP contribution in [-0.4, -0.2) is 49.2 Å². The van der Waals surface area contributed by atoms with Gasteiger partial charge in [-0.05, 0) is 31.0 Å². The minimum Gasteiger partial charge on any atom is -0.434 e. The molecule has 0 aliphatic carbocycles. The van der Waals surface area contributed by atoms with E-state index in [0.717, 1.165) is 0 Å². The molecule has 2 N–H and O–H groups in total. The zero-order valence-corrected chi connectivity index (χ0v) is 16.4. The number of nitrogens with two attached hydrogens (primary N) is 1.